The number of nitrogens with zero attached hydrogens (tertiary/aromatic N) is 1. The van der Waals surface area contributed by atoms with Gasteiger partial charge in [-0.2, -0.15) is 0 Å². The van der Waals surface area contributed by atoms with Gasteiger partial charge in [-0.05, 0) is 19.0 Å². The van der Waals surface area contributed by atoms with E-state index in [0.29, 0.717) is 12.8 Å². The topological polar surface area (TPSA) is 20.3 Å². The summed E-state index contributed by atoms with van der Waals surface area (Å²) in [7, 11) is 2.07. The van der Waals surface area contributed by atoms with E-state index in [1.807, 2.05) is 6.07 Å². The van der Waals surface area contributed by atoms with E-state index in [1.54, 1.807) is 0 Å². The van der Waals surface area contributed by atoms with Crippen molar-refractivity contribution in [2.45, 2.75) is 19.3 Å². The number of benzene rings is 1. The van der Waals surface area contributed by atoms with Crippen LogP contribution >= 0.6 is 0 Å². The van der Waals surface area contributed by atoms with Gasteiger partial charge in [0.05, 0.1) is 6.54 Å². The second-order valence-corrected chi connectivity index (χ2v) is 4.03. The van der Waals surface area contributed by atoms with Gasteiger partial charge in [0.1, 0.15) is 6.29 Å². The summed E-state index contributed by atoms with van der Waals surface area (Å²) in [6, 6.07) is 10.4. The Balaban J connectivity index is 2.18. The fourth-order valence-corrected chi connectivity index (χ4v) is 1.45. The minimum atomic E-state index is 0.542. The van der Waals surface area contributed by atoms with E-state index < -0.39 is 0 Å². The summed E-state index contributed by atoms with van der Waals surface area (Å²) in [5.41, 5.74) is 1.35. The molecule has 90 valence electrons. The van der Waals surface area contributed by atoms with Gasteiger partial charge in [0, 0.05) is 19.4 Å². The molecule has 0 N–H and O–H groups in total. The zero-order valence-electron chi connectivity index (χ0n) is 10.4. The van der Waals surface area contributed by atoms with Gasteiger partial charge in [-0.25, -0.2) is 0 Å². The zero-order chi connectivity index (χ0) is 12.3. The van der Waals surface area contributed by atoms with Gasteiger partial charge in [-0.1, -0.05) is 36.3 Å². The first-order valence-corrected chi connectivity index (χ1v) is 5.94. The molecular formula is C15H19NO. The summed E-state index contributed by atoms with van der Waals surface area (Å²) >= 11 is 0. The molecule has 0 aliphatic rings. The molecule has 0 bridgehead atoms. The molecule has 0 unspecified atom stereocenters. The number of carbonyl (C=O) groups excluding carboxylic acids is 1. The first kappa shape index (κ1) is 13.5. The molecule has 0 saturated carbocycles. The van der Waals surface area contributed by atoms with Gasteiger partial charge in [-0.3, -0.25) is 4.90 Å². The van der Waals surface area contributed by atoms with Crippen LogP contribution in [0.25, 0.3) is 0 Å². The van der Waals surface area contributed by atoms with Crippen LogP contribution in [0.2, 0.25) is 0 Å². The van der Waals surface area contributed by atoms with Crippen LogP contribution in [-0.2, 0) is 11.2 Å². The lowest BCUT2D eigenvalue weighted by molar-refractivity contribution is -0.107. The molecule has 17 heavy (non-hydrogen) atoms. The molecule has 0 aliphatic carbocycles. The van der Waals surface area contributed by atoms with Gasteiger partial charge in [0.15, 0.2) is 0 Å². The van der Waals surface area contributed by atoms with Crippen LogP contribution in [0.5, 0.6) is 0 Å². The summed E-state index contributed by atoms with van der Waals surface area (Å²) in [5, 5.41) is 0. The summed E-state index contributed by atoms with van der Waals surface area (Å²) in [4.78, 5) is 12.3. The molecule has 1 aromatic carbocycles. The van der Waals surface area contributed by atoms with Gasteiger partial charge in [0.25, 0.3) is 0 Å². The van der Waals surface area contributed by atoms with Crippen molar-refractivity contribution in [1.82, 2.24) is 4.90 Å². The maximum atomic E-state index is 10.1. The Kier molecular flexibility index (Phi) is 6.78. The van der Waals surface area contributed by atoms with Crippen LogP contribution in [-0.4, -0.2) is 31.3 Å². The lowest BCUT2D eigenvalue weighted by atomic mass is 10.1. The number of unbranched alkanes of at least 4 members (excludes halogenated alkanes) is 1. The summed E-state index contributed by atoms with van der Waals surface area (Å²) in [6.45, 7) is 1.78. The van der Waals surface area contributed by atoms with Gasteiger partial charge in [0.2, 0.25) is 0 Å². The standard InChI is InChI=1S/C15H19NO/c1-16(12-7-2-3-8-14-17)13-11-15-9-5-4-6-10-15/h4-6,9-10,14H,3,8,11-13H2,1H3. The van der Waals surface area contributed by atoms with Crippen molar-refractivity contribution in [3.8, 4) is 11.8 Å². The molecule has 0 fully saturated rings. The molecule has 2 heteroatoms. The van der Waals surface area contributed by atoms with Crippen LogP contribution in [0.15, 0.2) is 30.3 Å². The maximum Gasteiger partial charge on any atom is 0.120 e. The molecule has 0 amide bonds. The highest BCUT2D eigenvalue weighted by Crippen LogP contribution is 2.00. The second kappa shape index (κ2) is 8.55. The highest BCUT2D eigenvalue weighted by atomic mass is 16.1. The Morgan fingerprint density at radius 2 is 2.00 bits per heavy atom. The second-order valence-electron chi connectivity index (χ2n) is 4.03. The van der Waals surface area contributed by atoms with Crippen molar-refractivity contribution in [2.75, 3.05) is 20.1 Å². The lowest BCUT2D eigenvalue weighted by Crippen LogP contribution is -2.21. The largest absolute Gasteiger partial charge is 0.303 e. The highest BCUT2D eigenvalue weighted by molar-refractivity contribution is 5.49. The molecule has 0 spiro atoms. The molecule has 0 atom stereocenters. The van der Waals surface area contributed by atoms with Gasteiger partial charge < -0.3 is 4.79 Å². The average molecular weight is 229 g/mol. The van der Waals surface area contributed by atoms with E-state index in [1.165, 1.54) is 5.56 Å². The van der Waals surface area contributed by atoms with E-state index in [2.05, 4.69) is 48.1 Å². The Hall–Kier alpha value is -1.59. The fourth-order valence-electron chi connectivity index (χ4n) is 1.45. The molecular weight excluding hydrogens is 210 g/mol. The number of hydrogen-bond acceptors (Lipinski definition) is 2. The average Bonchev–Trinajstić information content (AvgIpc) is 2.37. The van der Waals surface area contributed by atoms with Crippen LogP contribution < -0.4 is 0 Å². The van der Waals surface area contributed by atoms with Gasteiger partial charge in [-0.15, -0.1) is 5.92 Å². The van der Waals surface area contributed by atoms with Crippen LogP contribution in [0.4, 0.5) is 0 Å². The zero-order valence-corrected chi connectivity index (χ0v) is 10.4. The first-order chi connectivity index (χ1) is 8.33. The molecule has 0 radical (unpaired) electrons. The van der Waals surface area contributed by atoms with Crippen molar-refractivity contribution >= 4 is 6.29 Å². The van der Waals surface area contributed by atoms with Crippen LogP contribution in [0, 0.1) is 11.8 Å². The van der Waals surface area contributed by atoms with E-state index >= 15 is 0 Å². The van der Waals surface area contributed by atoms with E-state index in [4.69, 9.17) is 0 Å². The highest BCUT2D eigenvalue weighted by Gasteiger charge is 1.96. The number of likely N-dealkylation sites (N-methyl/N-ethyl adjacent to an activating group) is 1. The van der Waals surface area contributed by atoms with Crippen molar-refractivity contribution in [2.24, 2.45) is 0 Å². The quantitative estimate of drug-likeness (QED) is 0.423. The third-order valence-electron chi connectivity index (χ3n) is 2.49. The fraction of sp³-hybridized carbons (Fsp3) is 0.400. The van der Waals surface area contributed by atoms with Crippen LogP contribution in [0.1, 0.15) is 18.4 Å². The van der Waals surface area contributed by atoms with E-state index in [0.717, 1.165) is 25.8 Å². The number of carbonyl (C=O) groups is 1. The number of aldehydes is 1. The third kappa shape index (κ3) is 6.55. The molecule has 0 aliphatic heterocycles. The maximum absolute atomic E-state index is 10.1. The van der Waals surface area contributed by atoms with E-state index in [-0.39, 0.29) is 0 Å². The molecule has 1 aromatic rings. The van der Waals surface area contributed by atoms with E-state index in [9.17, 15) is 4.79 Å². The lowest BCUT2D eigenvalue weighted by Gasteiger charge is -2.12. The Morgan fingerprint density at radius 3 is 2.71 bits per heavy atom. The predicted octanol–water partition coefficient (Wildman–Crippen LogP) is 2.14. The van der Waals surface area contributed by atoms with Crippen molar-refractivity contribution < 1.29 is 4.79 Å². The molecule has 2 nitrogen and oxygen atoms in total. The van der Waals surface area contributed by atoms with Crippen molar-refractivity contribution in [3.63, 3.8) is 0 Å². The third-order valence-corrected chi connectivity index (χ3v) is 2.49. The summed E-state index contributed by atoms with van der Waals surface area (Å²) < 4.78 is 0. The smallest absolute Gasteiger partial charge is 0.120 e. The number of hydrogen-bond donors (Lipinski definition) is 0. The first-order valence-electron chi connectivity index (χ1n) is 5.94. The van der Waals surface area contributed by atoms with Crippen molar-refractivity contribution in [3.05, 3.63) is 35.9 Å². The minimum Gasteiger partial charge on any atom is -0.303 e. The normalized spacial score (nSPS) is 9.76. The number of rotatable bonds is 6. The molecule has 0 saturated heterocycles. The predicted molar refractivity (Wildman–Crippen MR) is 70.7 cm³/mol. The summed E-state index contributed by atoms with van der Waals surface area (Å²) in [5.74, 6) is 6.07. The molecule has 0 heterocycles. The van der Waals surface area contributed by atoms with Crippen LogP contribution in [0.3, 0.4) is 0 Å². The minimum absolute atomic E-state index is 0.542. The van der Waals surface area contributed by atoms with Gasteiger partial charge >= 0.3 is 0 Å². The monoisotopic (exact) mass is 229 g/mol. The SMILES string of the molecule is CN(CC#CCCC=O)CCc1ccccc1. The molecule has 1 rings (SSSR count). The Labute approximate surface area is 104 Å². The summed E-state index contributed by atoms with van der Waals surface area (Å²) in [6.07, 6.45) is 3.18. The Bertz CT molecular complexity index is 375. The Morgan fingerprint density at radius 1 is 1.24 bits per heavy atom. The molecule has 0 aromatic heterocycles. The van der Waals surface area contributed by atoms with Crippen molar-refractivity contribution in [1.29, 1.82) is 0 Å².